The second-order valence-electron chi connectivity index (χ2n) is 7.42. The highest BCUT2D eigenvalue weighted by atomic mass is 32.1. The number of hydrogen-bond donors (Lipinski definition) is 0. The first-order valence-corrected chi connectivity index (χ1v) is 11.4. The summed E-state index contributed by atoms with van der Waals surface area (Å²) in [5, 5.41) is 2.28. The van der Waals surface area contributed by atoms with Crippen molar-refractivity contribution in [1.29, 1.82) is 0 Å². The third-order valence-electron chi connectivity index (χ3n) is 5.19. The zero-order valence-corrected chi connectivity index (χ0v) is 18.3. The molecule has 0 N–H and O–H groups in total. The summed E-state index contributed by atoms with van der Waals surface area (Å²) in [7, 11) is 0. The SMILES string of the molecule is CCCCOc1csc(-c2cc(F)c(N3CCC(CC(=O)OCC)CC3)c(F)c2)n1. The van der Waals surface area contributed by atoms with Gasteiger partial charge in [-0.15, -0.1) is 11.3 Å². The van der Waals surface area contributed by atoms with E-state index in [1.165, 1.54) is 23.5 Å². The van der Waals surface area contributed by atoms with E-state index in [1.807, 2.05) is 0 Å². The molecule has 1 fully saturated rings. The number of benzene rings is 1. The average Bonchev–Trinajstić information content (AvgIpc) is 3.18. The van der Waals surface area contributed by atoms with E-state index in [-0.39, 0.29) is 17.6 Å². The van der Waals surface area contributed by atoms with Crippen LogP contribution in [0.4, 0.5) is 14.5 Å². The predicted molar refractivity (Wildman–Crippen MR) is 114 cm³/mol. The molecular weight excluding hydrogens is 410 g/mol. The van der Waals surface area contributed by atoms with Gasteiger partial charge < -0.3 is 14.4 Å². The number of carbonyl (C=O) groups excluding carboxylic acids is 1. The fourth-order valence-corrected chi connectivity index (χ4v) is 4.32. The van der Waals surface area contributed by atoms with E-state index in [9.17, 15) is 13.6 Å². The van der Waals surface area contributed by atoms with Gasteiger partial charge in [-0.25, -0.2) is 13.8 Å². The van der Waals surface area contributed by atoms with Crippen LogP contribution in [0.5, 0.6) is 5.88 Å². The van der Waals surface area contributed by atoms with Crippen molar-refractivity contribution >= 4 is 23.0 Å². The molecule has 30 heavy (non-hydrogen) atoms. The topological polar surface area (TPSA) is 51.7 Å². The smallest absolute Gasteiger partial charge is 0.306 e. The molecule has 5 nitrogen and oxygen atoms in total. The fourth-order valence-electron chi connectivity index (χ4n) is 3.59. The summed E-state index contributed by atoms with van der Waals surface area (Å²) in [4.78, 5) is 17.7. The minimum absolute atomic E-state index is 0.00990. The lowest BCUT2D eigenvalue weighted by molar-refractivity contribution is -0.144. The second-order valence-corrected chi connectivity index (χ2v) is 8.28. The van der Waals surface area contributed by atoms with E-state index >= 15 is 0 Å². The molecular formula is C22H28F2N2O3S. The zero-order chi connectivity index (χ0) is 21.5. The molecule has 0 amide bonds. The van der Waals surface area contributed by atoms with Crippen molar-refractivity contribution in [3.05, 3.63) is 29.1 Å². The van der Waals surface area contributed by atoms with E-state index in [0.29, 0.717) is 62.0 Å². The van der Waals surface area contributed by atoms with Crippen LogP contribution in [-0.4, -0.2) is 37.3 Å². The maximum Gasteiger partial charge on any atom is 0.306 e. The molecule has 0 aliphatic carbocycles. The van der Waals surface area contributed by atoms with Gasteiger partial charge in [-0.1, -0.05) is 13.3 Å². The van der Waals surface area contributed by atoms with Crippen molar-refractivity contribution in [3.8, 4) is 16.5 Å². The average molecular weight is 439 g/mol. The Labute approximate surface area is 180 Å². The predicted octanol–water partition coefficient (Wildman–Crippen LogP) is 5.44. The highest BCUT2D eigenvalue weighted by Gasteiger charge is 2.26. The number of piperidine rings is 1. The number of nitrogens with zero attached hydrogens (tertiary/aromatic N) is 2. The molecule has 0 saturated carbocycles. The van der Waals surface area contributed by atoms with Gasteiger partial charge in [0.15, 0.2) is 0 Å². The minimum Gasteiger partial charge on any atom is -0.477 e. The first kappa shape index (κ1) is 22.5. The number of hydrogen-bond acceptors (Lipinski definition) is 6. The summed E-state index contributed by atoms with van der Waals surface area (Å²) in [5.74, 6) is -0.738. The van der Waals surface area contributed by atoms with Crippen LogP contribution in [0, 0.1) is 17.6 Å². The van der Waals surface area contributed by atoms with Gasteiger partial charge in [-0.05, 0) is 44.2 Å². The van der Waals surface area contributed by atoms with Crippen LogP contribution >= 0.6 is 11.3 Å². The summed E-state index contributed by atoms with van der Waals surface area (Å²) in [6.07, 6.45) is 3.71. The van der Waals surface area contributed by atoms with Gasteiger partial charge in [0.1, 0.15) is 22.3 Å². The van der Waals surface area contributed by atoms with Crippen molar-refractivity contribution in [2.45, 2.75) is 46.0 Å². The third-order valence-corrected chi connectivity index (χ3v) is 6.06. The Bertz CT molecular complexity index is 828. The summed E-state index contributed by atoms with van der Waals surface area (Å²) in [5.41, 5.74) is 0.394. The molecule has 1 aromatic heterocycles. The van der Waals surface area contributed by atoms with Gasteiger partial charge in [0.05, 0.1) is 18.6 Å². The summed E-state index contributed by atoms with van der Waals surface area (Å²) in [6.45, 7) is 5.81. The number of ether oxygens (including phenoxy) is 2. The van der Waals surface area contributed by atoms with Crippen molar-refractivity contribution in [2.75, 3.05) is 31.2 Å². The Kier molecular flexibility index (Phi) is 8.01. The van der Waals surface area contributed by atoms with Crippen molar-refractivity contribution in [3.63, 3.8) is 0 Å². The first-order chi connectivity index (χ1) is 14.5. The van der Waals surface area contributed by atoms with Crippen LogP contribution in [0.1, 0.15) is 46.0 Å². The Hall–Kier alpha value is -2.22. The Morgan fingerprint density at radius 1 is 1.23 bits per heavy atom. The maximum absolute atomic E-state index is 14.8. The van der Waals surface area contributed by atoms with Crippen LogP contribution in [0.2, 0.25) is 0 Å². The maximum atomic E-state index is 14.8. The van der Waals surface area contributed by atoms with Gasteiger partial charge >= 0.3 is 5.97 Å². The lowest BCUT2D eigenvalue weighted by Gasteiger charge is -2.33. The number of halogens is 2. The number of esters is 1. The summed E-state index contributed by atoms with van der Waals surface area (Å²) >= 11 is 1.30. The number of aromatic nitrogens is 1. The number of rotatable bonds is 9. The Balaban J connectivity index is 1.65. The molecule has 164 valence electrons. The number of carbonyl (C=O) groups is 1. The molecule has 1 aromatic carbocycles. The van der Waals surface area contributed by atoms with Gasteiger partial charge in [-0.3, -0.25) is 4.79 Å². The molecule has 1 saturated heterocycles. The quantitative estimate of drug-likeness (QED) is 0.386. The van der Waals surface area contributed by atoms with Gasteiger partial charge in [0, 0.05) is 25.1 Å². The number of unbranched alkanes of at least 4 members (excludes halogenated alkanes) is 1. The fraction of sp³-hybridized carbons (Fsp3) is 0.545. The molecule has 1 aliphatic heterocycles. The van der Waals surface area contributed by atoms with E-state index in [0.717, 1.165) is 12.8 Å². The van der Waals surface area contributed by atoms with Crippen molar-refractivity contribution in [2.24, 2.45) is 5.92 Å². The highest BCUT2D eigenvalue weighted by molar-refractivity contribution is 7.13. The largest absolute Gasteiger partial charge is 0.477 e. The van der Waals surface area contributed by atoms with Crippen LogP contribution in [0.3, 0.4) is 0 Å². The second kappa shape index (κ2) is 10.7. The normalized spacial score (nSPS) is 14.7. The van der Waals surface area contributed by atoms with E-state index < -0.39 is 11.6 Å². The Morgan fingerprint density at radius 3 is 2.57 bits per heavy atom. The molecule has 3 rings (SSSR count). The summed E-state index contributed by atoms with van der Waals surface area (Å²) < 4.78 is 40.2. The van der Waals surface area contributed by atoms with Gasteiger partial charge in [0.25, 0.3) is 0 Å². The highest BCUT2D eigenvalue weighted by Crippen LogP contribution is 2.34. The molecule has 2 aromatic rings. The van der Waals surface area contributed by atoms with Crippen molar-refractivity contribution in [1.82, 2.24) is 4.98 Å². The van der Waals surface area contributed by atoms with E-state index in [2.05, 4.69) is 11.9 Å². The number of anilines is 1. The monoisotopic (exact) mass is 438 g/mol. The lowest BCUT2D eigenvalue weighted by Crippen LogP contribution is -2.35. The molecule has 2 heterocycles. The minimum atomic E-state index is -0.600. The summed E-state index contributed by atoms with van der Waals surface area (Å²) in [6, 6.07) is 2.66. The van der Waals surface area contributed by atoms with E-state index in [1.54, 1.807) is 17.2 Å². The first-order valence-electron chi connectivity index (χ1n) is 10.5. The van der Waals surface area contributed by atoms with Crippen LogP contribution < -0.4 is 9.64 Å². The molecule has 1 aliphatic rings. The number of thiazole rings is 1. The standard InChI is InChI=1S/C22H28F2N2O3S/c1-3-5-10-29-19-14-30-22(25-19)16-12-17(23)21(18(24)13-16)26-8-6-15(7-9-26)11-20(27)28-4-2/h12-15H,3-11H2,1-2H3. The molecule has 0 radical (unpaired) electrons. The van der Waals surface area contributed by atoms with E-state index in [4.69, 9.17) is 9.47 Å². The molecule has 8 heteroatoms. The molecule has 0 bridgehead atoms. The van der Waals surface area contributed by atoms with Gasteiger partial charge in [-0.2, -0.15) is 0 Å². The Morgan fingerprint density at radius 2 is 1.93 bits per heavy atom. The lowest BCUT2D eigenvalue weighted by atomic mass is 9.93. The van der Waals surface area contributed by atoms with Crippen LogP contribution in [0.15, 0.2) is 17.5 Å². The van der Waals surface area contributed by atoms with Crippen molar-refractivity contribution < 1.29 is 23.0 Å². The van der Waals surface area contributed by atoms with Gasteiger partial charge in [0.2, 0.25) is 5.88 Å². The van der Waals surface area contributed by atoms with Crippen LogP contribution in [-0.2, 0) is 9.53 Å². The van der Waals surface area contributed by atoms with Crippen LogP contribution in [0.25, 0.3) is 10.6 Å². The molecule has 0 atom stereocenters. The molecule has 0 spiro atoms. The molecule has 0 unspecified atom stereocenters. The zero-order valence-electron chi connectivity index (χ0n) is 17.5. The third kappa shape index (κ3) is 5.68.